The summed E-state index contributed by atoms with van der Waals surface area (Å²) in [5.41, 5.74) is 1.64. The number of anilines is 1. The number of carbonyl (C=O) groups is 3. The average Bonchev–Trinajstić information content (AvgIpc) is 2.83. The maximum Gasteiger partial charge on any atom is 0.339 e. The summed E-state index contributed by atoms with van der Waals surface area (Å²) in [5.74, 6) is -1.81. The summed E-state index contributed by atoms with van der Waals surface area (Å²) in [6.07, 6.45) is 0.110. The Morgan fingerprint density at radius 2 is 1.46 bits per heavy atom. The Morgan fingerprint density at radius 1 is 0.886 bits per heavy atom. The fraction of sp³-hybridized carbons (Fsp3) is 0.320. The van der Waals surface area contributed by atoms with E-state index in [1.807, 2.05) is 0 Å². The summed E-state index contributed by atoms with van der Waals surface area (Å²) >= 11 is 0. The van der Waals surface area contributed by atoms with E-state index in [0.717, 1.165) is 5.56 Å². The van der Waals surface area contributed by atoms with Gasteiger partial charge in [0.25, 0.3) is 5.91 Å². The maximum absolute atomic E-state index is 12.8. The molecule has 9 nitrogen and oxygen atoms in total. The van der Waals surface area contributed by atoms with Crippen molar-refractivity contribution in [2.45, 2.75) is 26.9 Å². The van der Waals surface area contributed by atoms with Crippen LogP contribution < -0.4 is 5.32 Å². The first-order valence-corrected chi connectivity index (χ1v) is 12.8. The van der Waals surface area contributed by atoms with Crippen molar-refractivity contribution in [3.8, 4) is 0 Å². The summed E-state index contributed by atoms with van der Waals surface area (Å²) < 4.78 is 33.3. The normalized spacial score (nSPS) is 10.9. The van der Waals surface area contributed by atoms with Crippen LogP contribution in [0, 0.1) is 0 Å². The Hall–Kier alpha value is -3.26. The summed E-state index contributed by atoms with van der Waals surface area (Å²) in [6.45, 7) is 8.72. The van der Waals surface area contributed by atoms with Crippen LogP contribution in [0.25, 0.3) is 0 Å². The number of hydrogen-bond donors (Lipinski definition) is 1. The van der Waals surface area contributed by atoms with Gasteiger partial charge in [-0.15, -0.1) is 0 Å². The van der Waals surface area contributed by atoms with Gasteiger partial charge in [-0.1, -0.05) is 30.8 Å². The smallest absolute Gasteiger partial charge is 0.339 e. The number of benzene rings is 2. The number of hydrogen-bond acceptors (Lipinski definition) is 8. The van der Waals surface area contributed by atoms with Crippen LogP contribution in [0.15, 0.2) is 60.7 Å². The van der Waals surface area contributed by atoms with Gasteiger partial charge < -0.3 is 23.8 Å². The first kappa shape index (κ1) is 28.0. The molecule has 0 unspecified atom stereocenters. The van der Waals surface area contributed by atoms with Gasteiger partial charge in [0.05, 0.1) is 30.5 Å². The van der Waals surface area contributed by atoms with Gasteiger partial charge in [0, 0.05) is 11.3 Å². The maximum atomic E-state index is 12.8. The molecule has 0 aliphatic heterocycles. The van der Waals surface area contributed by atoms with Gasteiger partial charge in [-0.3, -0.25) is 9.36 Å². The molecule has 0 aromatic heterocycles. The van der Waals surface area contributed by atoms with Gasteiger partial charge in [0.2, 0.25) is 0 Å². The molecule has 0 radical (unpaired) electrons. The van der Waals surface area contributed by atoms with E-state index in [1.54, 1.807) is 50.2 Å². The standard InChI is InChI=1S/C25H30NO8P/c1-5-33-35(30,34-6-2)17-19-11-13-20(14-12-19)26-23(27)21-9-7-8-10-22(21)25(29)32-16-15-31-24(28)18(3)4/h7-14H,3,5-6,15-17H2,1-2,4H3,(H,26,27). The summed E-state index contributed by atoms with van der Waals surface area (Å²) in [6, 6.07) is 13.0. The summed E-state index contributed by atoms with van der Waals surface area (Å²) in [7, 11) is -3.24. The van der Waals surface area contributed by atoms with Crippen LogP contribution in [-0.2, 0) is 34.0 Å². The van der Waals surface area contributed by atoms with Crippen LogP contribution in [0.4, 0.5) is 5.69 Å². The molecule has 2 aromatic carbocycles. The van der Waals surface area contributed by atoms with Crippen molar-refractivity contribution in [3.63, 3.8) is 0 Å². The molecular weight excluding hydrogens is 473 g/mol. The molecule has 188 valence electrons. The third kappa shape index (κ3) is 8.79. The Balaban J connectivity index is 2.02. The van der Waals surface area contributed by atoms with E-state index in [0.29, 0.717) is 5.69 Å². The second-order valence-electron chi connectivity index (χ2n) is 7.35. The summed E-state index contributed by atoms with van der Waals surface area (Å²) in [5, 5.41) is 2.73. The predicted molar refractivity (Wildman–Crippen MR) is 131 cm³/mol. The molecule has 1 amide bonds. The Kier molecular flexibility index (Phi) is 10.9. The van der Waals surface area contributed by atoms with E-state index in [4.69, 9.17) is 18.5 Å². The fourth-order valence-corrected chi connectivity index (χ4v) is 4.67. The van der Waals surface area contributed by atoms with Gasteiger partial charge in [-0.05, 0) is 50.6 Å². The van der Waals surface area contributed by atoms with Crippen LogP contribution in [0.1, 0.15) is 47.1 Å². The molecule has 0 atom stereocenters. The van der Waals surface area contributed by atoms with Gasteiger partial charge >= 0.3 is 19.5 Å². The third-order valence-electron chi connectivity index (χ3n) is 4.53. The highest BCUT2D eigenvalue weighted by molar-refractivity contribution is 7.53. The van der Waals surface area contributed by atoms with Crippen molar-refractivity contribution in [1.82, 2.24) is 0 Å². The molecular formula is C25H30NO8P. The monoisotopic (exact) mass is 503 g/mol. The largest absolute Gasteiger partial charge is 0.459 e. The fourth-order valence-electron chi connectivity index (χ4n) is 2.97. The number of nitrogens with one attached hydrogen (secondary N) is 1. The highest BCUT2D eigenvalue weighted by Gasteiger charge is 2.24. The number of esters is 2. The topological polar surface area (TPSA) is 117 Å². The Morgan fingerprint density at radius 3 is 2.03 bits per heavy atom. The lowest BCUT2D eigenvalue weighted by Gasteiger charge is -2.17. The lowest BCUT2D eigenvalue weighted by molar-refractivity contribution is -0.140. The zero-order chi connectivity index (χ0) is 25.8. The van der Waals surface area contributed by atoms with Crippen molar-refractivity contribution in [2.24, 2.45) is 0 Å². The molecule has 2 aromatic rings. The summed E-state index contributed by atoms with van der Waals surface area (Å²) in [4.78, 5) is 36.7. The molecule has 1 N–H and O–H groups in total. The van der Waals surface area contributed by atoms with Crippen LogP contribution in [0.5, 0.6) is 0 Å². The van der Waals surface area contributed by atoms with Crippen molar-refractivity contribution in [3.05, 3.63) is 77.4 Å². The molecule has 0 saturated carbocycles. The van der Waals surface area contributed by atoms with E-state index in [2.05, 4.69) is 11.9 Å². The lowest BCUT2D eigenvalue weighted by atomic mass is 10.1. The molecule has 0 saturated heterocycles. The van der Waals surface area contributed by atoms with Gasteiger partial charge in [-0.2, -0.15) is 0 Å². The minimum atomic E-state index is -3.24. The minimum absolute atomic E-state index is 0.0715. The zero-order valence-electron chi connectivity index (χ0n) is 20.1. The van der Waals surface area contributed by atoms with E-state index >= 15 is 0 Å². The second-order valence-corrected chi connectivity index (χ2v) is 9.41. The molecule has 0 heterocycles. The zero-order valence-corrected chi connectivity index (χ0v) is 21.0. The number of ether oxygens (including phenoxy) is 2. The van der Waals surface area contributed by atoms with Crippen LogP contribution in [0.2, 0.25) is 0 Å². The van der Waals surface area contributed by atoms with Crippen molar-refractivity contribution >= 4 is 31.1 Å². The van der Waals surface area contributed by atoms with Crippen LogP contribution >= 0.6 is 7.60 Å². The second kappa shape index (κ2) is 13.6. The molecule has 35 heavy (non-hydrogen) atoms. The number of rotatable bonds is 13. The third-order valence-corrected chi connectivity index (χ3v) is 6.58. The van der Waals surface area contributed by atoms with E-state index < -0.39 is 25.4 Å². The number of amides is 1. The van der Waals surface area contributed by atoms with Gasteiger partial charge in [0.15, 0.2) is 0 Å². The van der Waals surface area contributed by atoms with Gasteiger partial charge in [-0.25, -0.2) is 9.59 Å². The number of carbonyl (C=O) groups excluding carboxylic acids is 3. The molecule has 0 aliphatic rings. The first-order chi connectivity index (χ1) is 16.7. The van der Waals surface area contributed by atoms with Crippen LogP contribution in [-0.4, -0.2) is 44.3 Å². The predicted octanol–water partition coefficient (Wildman–Crippen LogP) is 4.98. The van der Waals surface area contributed by atoms with Crippen molar-refractivity contribution in [1.29, 1.82) is 0 Å². The molecule has 0 spiro atoms. The van der Waals surface area contributed by atoms with Crippen LogP contribution in [0.3, 0.4) is 0 Å². The minimum Gasteiger partial charge on any atom is -0.459 e. The van der Waals surface area contributed by atoms with Crippen molar-refractivity contribution in [2.75, 3.05) is 31.7 Å². The molecule has 0 fully saturated rings. The SMILES string of the molecule is C=C(C)C(=O)OCCOC(=O)c1ccccc1C(=O)Nc1ccc(CP(=O)(OCC)OCC)cc1. The molecule has 0 bridgehead atoms. The lowest BCUT2D eigenvalue weighted by Crippen LogP contribution is -2.19. The highest BCUT2D eigenvalue weighted by atomic mass is 31.2. The van der Waals surface area contributed by atoms with Gasteiger partial charge in [0.1, 0.15) is 13.2 Å². The molecule has 2 rings (SSSR count). The Labute approximate surface area is 204 Å². The quantitative estimate of drug-likeness (QED) is 0.176. The van der Waals surface area contributed by atoms with Crippen molar-refractivity contribution < 1.29 is 37.5 Å². The highest BCUT2D eigenvalue weighted by Crippen LogP contribution is 2.51. The molecule has 10 heteroatoms. The Bertz CT molecular complexity index is 1090. The molecule has 0 aliphatic carbocycles. The first-order valence-electron chi connectivity index (χ1n) is 11.1. The average molecular weight is 503 g/mol. The van der Waals surface area contributed by atoms with E-state index in [9.17, 15) is 18.9 Å². The van der Waals surface area contributed by atoms with E-state index in [-0.39, 0.29) is 49.3 Å². The van der Waals surface area contributed by atoms with E-state index in [1.165, 1.54) is 19.1 Å².